The maximum Gasteiger partial charge on any atom is 0.347 e. The number of likely N-dealkylation sites (tertiary alicyclic amines) is 1. The summed E-state index contributed by atoms with van der Waals surface area (Å²) >= 11 is 0. The van der Waals surface area contributed by atoms with Crippen LogP contribution in [0.3, 0.4) is 0 Å². The van der Waals surface area contributed by atoms with Crippen molar-refractivity contribution in [3.63, 3.8) is 0 Å². The van der Waals surface area contributed by atoms with E-state index < -0.39 is 11.3 Å². The molecule has 1 aromatic heterocycles. The lowest BCUT2D eigenvalue weighted by Crippen LogP contribution is -2.66. The fourth-order valence-electron chi connectivity index (χ4n) is 1.91. The van der Waals surface area contributed by atoms with Gasteiger partial charge in [0.25, 0.3) is 0 Å². The van der Waals surface area contributed by atoms with Gasteiger partial charge in [-0.3, -0.25) is 9.36 Å². The number of β-amino-alcohol motifs (C(OH)–C–C–N with tert-alkyl or cyclic N) is 1. The van der Waals surface area contributed by atoms with E-state index in [0.717, 1.165) is 0 Å². The van der Waals surface area contributed by atoms with Crippen LogP contribution in [-0.4, -0.2) is 44.2 Å². The second kappa shape index (κ2) is 4.53. The van der Waals surface area contributed by atoms with Gasteiger partial charge in [0.05, 0.1) is 13.1 Å². The molecule has 6 heteroatoms. The van der Waals surface area contributed by atoms with Crippen molar-refractivity contribution in [1.29, 1.82) is 0 Å². The highest BCUT2D eigenvalue weighted by Crippen LogP contribution is 2.28. The summed E-state index contributed by atoms with van der Waals surface area (Å²) in [4.78, 5) is 28.4. The molecule has 1 aromatic rings. The summed E-state index contributed by atoms with van der Waals surface area (Å²) in [6.45, 7) is 4.48. The number of nitrogens with zero attached hydrogens (tertiary/aromatic N) is 3. The van der Waals surface area contributed by atoms with Crippen molar-refractivity contribution in [1.82, 2.24) is 14.5 Å². The van der Waals surface area contributed by atoms with Crippen molar-refractivity contribution in [3.8, 4) is 0 Å². The van der Waals surface area contributed by atoms with Gasteiger partial charge >= 0.3 is 5.69 Å². The van der Waals surface area contributed by atoms with Gasteiger partial charge in [-0.1, -0.05) is 13.8 Å². The van der Waals surface area contributed by atoms with Crippen LogP contribution in [0.5, 0.6) is 0 Å². The number of hydrogen-bond donors (Lipinski definition) is 1. The topological polar surface area (TPSA) is 75.4 Å². The quantitative estimate of drug-likeness (QED) is 0.784. The number of carbonyl (C=O) groups is 1. The third kappa shape index (κ3) is 2.28. The lowest BCUT2D eigenvalue weighted by atomic mass is 9.83. The van der Waals surface area contributed by atoms with Gasteiger partial charge in [0.1, 0.15) is 12.1 Å². The Morgan fingerprint density at radius 3 is 2.78 bits per heavy atom. The average molecular weight is 251 g/mol. The third-order valence-corrected chi connectivity index (χ3v) is 3.45. The summed E-state index contributed by atoms with van der Waals surface area (Å²) in [7, 11) is 0. The fraction of sp³-hybridized carbons (Fsp3) is 0.583. The second-order valence-electron chi connectivity index (χ2n) is 5.04. The zero-order valence-electron chi connectivity index (χ0n) is 10.5. The molecular formula is C12H17N3O3. The van der Waals surface area contributed by atoms with Crippen molar-refractivity contribution in [3.05, 3.63) is 28.9 Å². The van der Waals surface area contributed by atoms with Crippen molar-refractivity contribution < 1.29 is 9.90 Å². The minimum absolute atomic E-state index is 0.0269. The van der Waals surface area contributed by atoms with E-state index in [4.69, 9.17) is 0 Å². The van der Waals surface area contributed by atoms with Crippen LogP contribution in [0, 0.1) is 5.92 Å². The number of amides is 1. The standard InChI is InChI=1S/C12H17N3O3/c1-9(2)12(18)7-15(8-12)10(16)6-14-5-3-4-13-11(14)17/h3-5,9,18H,6-8H2,1-2H3. The molecule has 0 atom stereocenters. The van der Waals surface area contributed by atoms with Crippen molar-refractivity contribution in [2.75, 3.05) is 13.1 Å². The van der Waals surface area contributed by atoms with E-state index in [2.05, 4.69) is 4.98 Å². The Balaban J connectivity index is 1.96. The van der Waals surface area contributed by atoms with Crippen molar-refractivity contribution in [2.45, 2.75) is 26.0 Å². The Morgan fingerprint density at radius 2 is 2.22 bits per heavy atom. The van der Waals surface area contributed by atoms with Crippen LogP contribution in [-0.2, 0) is 11.3 Å². The molecule has 18 heavy (non-hydrogen) atoms. The largest absolute Gasteiger partial charge is 0.386 e. The van der Waals surface area contributed by atoms with Crippen molar-refractivity contribution >= 4 is 5.91 Å². The minimum atomic E-state index is -0.782. The SMILES string of the molecule is CC(C)C1(O)CN(C(=O)Cn2cccnc2=O)C1. The number of aliphatic hydroxyl groups is 1. The van der Waals surface area contributed by atoms with E-state index in [-0.39, 0.29) is 18.4 Å². The number of rotatable bonds is 3. The van der Waals surface area contributed by atoms with Crippen LogP contribution in [0.2, 0.25) is 0 Å². The first-order valence-corrected chi connectivity index (χ1v) is 5.94. The van der Waals surface area contributed by atoms with Gasteiger partial charge in [0.2, 0.25) is 5.91 Å². The predicted octanol–water partition coefficient (Wildman–Crippen LogP) is -0.527. The summed E-state index contributed by atoms with van der Waals surface area (Å²) in [6.07, 6.45) is 2.92. The first kappa shape index (κ1) is 12.8. The Labute approximate surface area is 105 Å². The lowest BCUT2D eigenvalue weighted by Gasteiger charge is -2.49. The van der Waals surface area contributed by atoms with E-state index in [1.54, 1.807) is 11.0 Å². The molecule has 1 aliphatic rings. The highest BCUT2D eigenvalue weighted by molar-refractivity contribution is 5.77. The summed E-state index contributed by atoms with van der Waals surface area (Å²) in [6, 6.07) is 1.61. The van der Waals surface area contributed by atoms with Gasteiger partial charge in [0, 0.05) is 12.4 Å². The average Bonchev–Trinajstić information content (AvgIpc) is 2.27. The zero-order valence-corrected chi connectivity index (χ0v) is 10.5. The minimum Gasteiger partial charge on any atom is -0.386 e. The molecule has 1 aliphatic heterocycles. The number of hydrogen-bond acceptors (Lipinski definition) is 4. The Kier molecular flexibility index (Phi) is 3.21. The monoisotopic (exact) mass is 251 g/mol. The van der Waals surface area contributed by atoms with Crippen LogP contribution >= 0.6 is 0 Å². The molecule has 1 saturated heterocycles. The molecule has 6 nitrogen and oxygen atoms in total. The summed E-state index contributed by atoms with van der Waals surface area (Å²) < 4.78 is 1.26. The molecule has 2 rings (SSSR count). The first-order chi connectivity index (χ1) is 8.42. The van der Waals surface area contributed by atoms with Gasteiger partial charge in [-0.15, -0.1) is 0 Å². The first-order valence-electron chi connectivity index (χ1n) is 5.94. The van der Waals surface area contributed by atoms with Gasteiger partial charge in [-0.25, -0.2) is 9.78 Å². The van der Waals surface area contributed by atoms with Crippen LogP contribution < -0.4 is 5.69 Å². The highest BCUT2D eigenvalue weighted by Gasteiger charge is 2.45. The van der Waals surface area contributed by atoms with E-state index in [9.17, 15) is 14.7 Å². The molecule has 2 heterocycles. The second-order valence-corrected chi connectivity index (χ2v) is 5.04. The van der Waals surface area contributed by atoms with E-state index in [1.807, 2.05) is 13.8 Å². The maximum atomic E-state index is 11.9. The van der Waals surface area contributed by atoms with Gasteiger partial charge in [-0.05, 0) is 12.0 Å². The van der Waals surface area contributed by atoms with Crippen molar-refractivity contribution in [2.24, 2.45) is 5.92 Å². The van der Waals surface area contributed by atoms with E-state index in [1.165, 1.54) is 17.0 Å². The van der Waals surface area contributed by atoms with Crippen LogP contribution in [0.4, 0.5) is 0 Å². The molecule has 0 radical (unpaired) electrons. The molecular weight excluding hydrogens is 234 g/mol. The lowest BCUT2D eigenvalue weighted by molar-refractivity contribution is -0.164. The molecule has 1 N–H and O–H groups in total. The predicted molar refractivity (Wildman–Crippen MR) is 64.9 cm³/mol. The summed E-state index contributed by atoms with van der Waals surface area (Å²) in [5.74, 6) is -0.0573. The molecule has 0 bridgehead atoms. The van der Waals surface area contributed by atoms with E-state index in [0.29, 0.717) is 13.1 Å². The third-order valence-electron chi connectivity index (χ3n) is 3.45. The van der Waals surface area contributed by atoms with Gasteiger partial charge < -0.3 is 10.0 Å². The summed E-state index contributed by atoms with van der Waals surface area (Å²) in [5, 5.41) is 10.1. The van der Waals surface area contributed by atoms with Crippen LogP contribution in [0.15, 0.2) is 23.3 Å². The zero-order chi connectivity index (χ0) is 13.3. The molecule has 0 unspecified atom stereocenters. The molecule has 0 aromatic carbocycles. The van der Waals surface area contributed by atoms with Crippen LogP contribution in [0.25, 0.3) is 0 Å². The Hall–Kier alpha value is -1.69. The normalized spacial score (nSPS) is 17.7. The van der Waals surface area contributed by atoms with Gasteiger partial charge in [-0.2, -0.15) is 0 Å². The van der Waals surface area contributed by atoms with E-state index >= 15 is 0 Å². The molecule has 0 aliphatic carbocycles. The molecule has 0 spiro atoms. The number of carbonyl (C=O) groups excluding carboxylic acids is 1. The Bertz CT molecular complexity index is 503. The van der Waals surface area contributed by atoms with Crippen LogP contribution in [0.1, 0.15) is 13.8 Å². The maximum absolute atomic E-state index is 11.9. The molecule has 0 saturated carbocycles. The smallest absolute Gasteiger partial charge is 0.347 e. The molecule has 1 amide bonds. The fourth-order valence-corrected chi connectivity index (χ4v) is 1.91. The highest BCUT2D eigenvalue weighted by atomic mass is 16.3. The molecule has 98 valence electrons. The molecule has 1 fully saturated rings. The summed E-state index contributed by atoms with van der Waals surface area (Å²) in [5.41, 5.74) is -1.22. The Morgan fingerprint density at radius 1 is 1.56 bits per heavy atom. The van der Waals surface area contributed by atoms with Gasteiger partial charge in [0.15, 0.2) is 0 Å². The number of aromatic nitrogens is 2.